The SMILES string of the molecule is Cc1ccc2c(c1)nc(CN1CCN(C)CC1)n2CCO. The van der Waals surface area contributed by atoms with E-state index >= 15 is 0 Å². The number of nitrogens with zero attached hydrogens (tertiary/aromatic N) is 4. The van der Waals surface area contributed by atoms with Gasteiger partial charge in [-0.25, -0.2) is 4.98 Å². The summed E-state index contributed by atoms with van der Waals surface area (Å²) in [6.45, 7) is 8.10. The summed E-state index contributed by atoms with van der Waals surface area (Å²) in [5.41, 5.74) is 3.38. The van der Waals surface area contributed by atoms with Gasteiger partial charge in [0.1, 0.15) is 5.82 Å². The molecule has 0 aliphatic carbocycles. The fourth-order valence-corrected chi connectivity index (χ4v) is 2.97. The van der Waals surface area contributed by atoms with Crippen molar-refractivity contribution in [1.29, 1.82) is 0 Å². The first-order valence-corrected chi connectivity index (χ1v) is 7.65. The summed E-state index contributed by atoms with van der Waals surface area (Å²) in [5, 5.41) is 9.35. The Morgan fingerprint density at radius 3 is 2.67 bits per heavy atom. The zero-order valence-corrected chi connectivity index (χ0v) is 12.9. The van der Waals surface area contributed by atoms with Crippen LogP contribution in [-0.2, 0) is 13.1 Å². The number of aryl methyl sites for hydroxylation is 1. The van der Waals surface area contributed by atoms with Crippen LogP contribution in [-0.4, -0.2) is 64.3 Å². The van der Waals surface area contributed by atoms with Crippen LogP contribution in [0, 0.1) is 6.92 Å². The van der Waals surface area contributed by atoms with Crippen molar-refractivity contribution >= 4 is 11.0 Å². The van der Waals surface area contributed by atoms with Crippen LogP contribution in [0.25, 0.3) is 11.0 Å². The molecule has 1 fully saturated rings. The van der Waals surface area contributed by atoms with Gasteiger partial charge in [-0.1, -0.05) is 6.07 Å². The van der Waals surface area contributed by atoms with E-state index in [9.17, 15) is 5.11 Å². The van der Waals surface area contributed by atoms with E-state index < -0.39 is 0 Å². The predicted molar refractivity (Wildman–Crippen MR) is 84.3 cm³/mol. The fourth-order valence-electron chi connectivity index (χ4n) is 2.97. The second kappa shape index (κ2) is 6.13. The summed E-state index contributed by atoms with van der Waals surface area (Å²) in [7, 11) is 2.17. The molecule has 0 saturated carbocycles. The third-order valence-corrected chi connectivity index (χ3v) is 4.27. The number of hydrogen-bond acceptors (Lipinski definition) is 4. The summed E-state index contributed by atoms with van der Waals surface area (Å²) in [6.07, 6.45) is 0. The Kier molecular flexibility index (Phi) is 4.24. The standard InChI is InChI=1S/C16H24N4O/c1-13-3-4-15-14(11-13)17-16(20(15)9-10-21)12-19-7-5-18(2)6-8-19/h3-4,11,21H,5-10,12H2,1-2H3. The molecule has 5 heteroatoms. The Hall–Kier alpha value is -1.43. The molecule has 1 N–H and O–H groups in total. The quantitative estimate of drug-likeness (QED) is 0.914. The van der Waals surface area contributed by atoms with Crippen LogP contribution in [0.1, 0.15) is 11.4 Å². The van der Waals surface area contributed by atoms with E-state index in [1.807, 2.05) is 0 Å². The lowest BCUT2D eigenvalue weighted by Gasteiger charge is -2.32. The number of aromatic nitrogens is 2. The number of hydrogen-bond donors (Lipinski definition) is 1. The van der Waals surface area contributed by atoms with E-state index in [1.165, 1.54) is 5.56 Å². The number of imidazole rings is 1. The molecule has 0 amide bonds. The van der Waals surface area contributed by atoms with Crippen molar-refractivity contribution in [1.82, 2.24) is 19.4 Å². The highest BCUT2D eigenvalue weighted by molar-refractivity contribution is 5.76. The summed E-state index contributed by atoms with van der Waals surface area (Å²) < 4.78 is 2.16. The van der Waals surface area contributed by atoms with Crippen LogP contribution in [0.5, 0.6) is 0 Å². The minimum absolute atomic E-state index is 0.148. The Labute approximate surface area is 125 Å². The highest BCUT2D eigenvalue weighted by atomic mass is 16.3. The van der Waals surface area contributed by atoms with Crippen molar-refractivity contribution in [2.45, 2.75) is 20.0 Å². The zero-order valence-electron chi connectivity index (χ0n) is 12.9. The number of benzene rings is 1. The third kappa shape index (κ3) is 3.10. The molecule has 0 bridgehead atoms. The van der Waals surface area contributed by atoms with Crippen molar-refractivity contribution in [2.75, 3.05) is 39.8 Å². The molecular formula is C16H24N4O. The topological polar surface area (TPSA) is 44.5 Å². The van der Waals surface area contributed by atoms with Gasteiger partial charge in [0.2, 0.25) is 0 Å². The van der Waals surface area contributed by atoms with Gasteiger partial charge in [0.05, 0.1) is 24.2 Å². The van der Waals surface area contributed by atoms with Crippen LogP contribution in [0.3, 0.4) is 0 Å². The Bertz CT molecular complexity index is 614. The maximum Gasteiger partial charge on any atom is 0.124 e. The van der Waals surface area contributed by atoms with Gasteiger partial charge in [-0.05, 0) is 31.7 Å². The lowest BCUT2D eigenvalue weighted by Crippen LogP contribution is -2.44. The molecule has 1 aliphatic heterocycles. The van der Waals surface area contributed by atoms with E-state index in [0.717, 1.165) is 49.6 Å². The predicted octanol–water partition coefficient (Wildman–Crippen LogP) is 1.08. The highest BCUT2D eigenvalue weighted by Gasteiger charge is 2.18. The zero-order chi connectivity index (χ0) is 14.8. The molecule has 114 valence electrons. The summed E-state index contributed by atoms with van der Waals surface area (Å²) >= 11 is 0. The average molecular weight is 288 g/mol. The van der Waals surface area contributed by atoms with Crippen LogP contribution in [0.2, 0.25) is 0 Å². The molecule has 2 heterocycles. The summed E-state index contributed by atoms with van der Waals surface area (Å²) in [5.74, 6) is 1.06. The second-order valence-corrected chi connectivity index (χ2v) is 5.97. The van der Waals surface area contributed by atoms with E-state index in [-0.39, 0.29) is 6.61 Å². The summed E-state index contributed by atoms with van der Waals surface area (Å²) in [4.78, 5) is 9.61. The average Bonchev–Trinajstić information content (AvgIpc) is 2.79. The van der Waals surface area contributed by atoms with Crippen molar-refractivity contribution in [3.63, 3.8) is 0 Å². The first-order valence-electron chi connectivity index (χ1n) is 7.65. The number of aliphatic hydroxyl groups excluding tert-OH is 1. The van der Waals surface area contributed by atoms with Gasteiger partial charge in [0, 0.05) is 32.7 Å². The van der Waals surface area contributed by atoms with Crippen LogP contribution in [0.15, 0.2) is 18.2 Å². The van der Waals surface area contributed by atoms with Gasteiger partial charge < -0.3 is 14.6 Å². The molecule has 0 atom stereocenters. The molecule has 1 saturated heterocycles. The van der Waals surface area contributed by atoms with E-state index in [1.54, 1.807) is 0 Å². The van der Waals surface area contributed by atoms with Gasteiger partial charge >= 0.3 is 0 Å². The number of fused-ring (bicyclic) bond motifs is 1. The molecule has 2 aromatic rings. The molecule has 1 aromatic heterocycles. The lowest BCUT2D eigenvalue weighted by atomic mass is 10.2. The van der Waals surface area contributed by atoms with Crippen molar-refractivity contribution < 1.29 is 5.11 Å². The largest absolute Gasteiger partial charge is 0.395 e. The molecular weight excluding hydrogens is 264 g/mol. The van der Waals surface area contributed by atoms with Gasteiger partial charge in [0.25, 0.3) is 0 Å². The monoisotopic (exact) mass is 288 g/mol. The van der Waals surface area contributed by atoms with Crippen LogP contribution < -0.4 is 0 Å². The second-order valence-electron chi connectivity index (χ2n) is 5.97. The third-order valence-electron chi connectivity index (χ3n) is 4.27. The smallest absolute Gasteiger partial charge is 0.124 e. The van der Waals surface area contributed by atoms with Crippen LogP contribution >= 0.6 is 0 Å². The maximum atomic E-state index is 9.35. The van der Waals surface area contributed by atoms with Crippen LogP contribution in [0.4, 0.5) is 0 Å². The molecule has 0 unspecified atom stereocenters. The number of rotatable bonds is 4. The normalized spacial score (nSPS) is 17.7. The minimum Gasteiger partial charge on any atom is -0.395 e. The Morgan fingerprint density at radius 2 is 1.95 bits per heavy atom. The number of aliphatic hydroxyl groups is 1. The maximum absolute atomic E-state index is 9.35. The minimum atomic E-state index is 0.148. The number of likely N-dealkylation sites (N-methyl/N-ethyl adjacent to an activating group) is 1. The van der Waals surface area contributed by atoms with Crippen molar-refractivity contribution in [3.8, 4) is 0 Å². The Balaban J connectivity index is 1.87. The molecule has 0 spiro atoms. The Morgan fingerprint density at radius 1 is 1.19 bits per heavy atom. The number of piperazine rings is 1. The summed E-state index contributed by atoms with van der Waals surface area (Å²) in [6, 6.07) is 6.34. The van der Waals surface area contributed by atoms with Gasteiger partial charge in [0.15, 0.2) is 0 Å². The lowest BCUT2D eigenvalue weighted by molar-refractivity contribution is 0.143. The first kappa shape index (κ1) is 14.5. The molecule has 0 radical (unpaired) electrons. The molecule has 1 aliphatic rings. The molecule has 5 nitrogen and oxygen atoms in total. The highest BCUT2D eigenvalue weighted by Crippen LogP contribution is 2.19. The fraction of sp³-hybridized carbons (Fsp3) is 0.562. The first-order chi connectivity index (χ1) is 10.2. The van der Waals surface area contributed by atoms with Gasteiger partial charge in [-0.15, -0.1) is 0 Å². The van der Waals surface area contributed by atoms with Gasteiger partial charge in [-0.2, -0.15) is 0 Å². The van der Waals surface area contributed by atoms with Crippen molar-refractivity contribution in [2.24, 2.45) is 0 Å². The van der Waals surface area contributed by atoms with Gasteiger partial charge in [-0.3, -0.25) is 4.90 Å². The van der Waals surface area contributed by atoms with E-state index in [0.29, 0.717) is 6.54 Å². The molecule has 3 rings (SSSR count). The van der Waals surface area contributed by atoms with E-state index in [4.69, 9.17) is 4.98 Å². The molecule has 1 aromatic carbocycles. The van der Waals surface area contributed by atoms with Crippen molar-refractivity contribution in [3.05, 3.63) is 29.6 Å². The van der Waals surface area contributed by atoms with E-state index in [2.05, 4.69) is 46.5 Å². The molecule has 21 heavy (non-hydrogen) atoms.